The van der Waals surface area contributed by atoms with Crippen LogP contribution in [0.2, 0.25) is 0 Å². The molecule has 0 spiro atoms. The van der Waals surface area contributed by atoms with Gasteiger partial charge in [0.2, 0.25) is 0 Å². The van der Waals surface area contributed by atoms with Crippen molar-refractivity contribution in [2.45, 2.75) is 25.9 Å². The molecule has 0 aliphatic carbocycles. The highest BCUT2D eigenvalue weighted by atomic mass is 79.9. The van der Waals surface area contributed by atoms with E-state index in [-0.39, 0.29) is 5.97 Å². The van der Waals surface area contributed by atoms with E-state index in [0.717, 1.165) is 28.8 Å². The van der Waals surface area contributed by atoms with Crippen LogP contribution in [-0.2, 0) is 16.1 Å². The monoisotopic (exact) mass is 351 g/mol. The molecule has 0 saturated heterocycles. The van der Waals surface area contributed by atoms with E-state index in [9.17, 15) is 4.79 Å². The first-order valence-corrected chi connectivity index (χ1v) is 7.55. The molecule has 6 heteroatoms. The Morgan fingerprint density at radius 1 is 1.48 bits per heavy atom. The Bertz CT molecular complexity index is 612. The number of rotatable bonds is 6. The van der Waals surface area contributed by atoms with E-state index in [2.05, 4.69) is 33.2 Å². The molecule has 21 heavy (non-hydrogen) atoms. The number of aromatic nitrogens is 2. The molecule has 1 heterocycles. The van der Waals surface area contributed by atoms with Gasteiger partial charge in [-0.2, -0.15) is 0 Å². The van der Waals surface area contributed by atoms with E-state index in [1.807, 2.05) is 28.8 Å². The second-order valence-electron chi connectivity index (χ2n) is 4.59. The average Bonchev–Trinajstić information content (AvgIpc) is 2.94. The third-order valence-electron chi connectivity index (χ3n) is 3.12. The van der Waals surface area contributed by atoms with Crippen molar-refractivity contribution < 1.29 is 9.53 Å². The predicted molar refractivity (Wildman–Crippen MR) is 85.0 cm³/mol. The molecule has 0 bridgehead atoms. The van der Waals surface area contributed by atoms with Crippen LogP contribution in [-0.4, -0.2) is 22.6 Å². The van der Waals surface area contributed by atoms with Crippen LogP contribution in [0.15, 0.2) is 41.3 Å². The number of para-hydroxylation sites is 1. The summed E-state index contributed by atoms with van der Waals surface area (Å²) in [7, 11) is 1.39. The molecule has 2 rings (SSSR count). The number of halogens is 1. The van der Waals surface area contributed by atoms with E-state index in [1.165, 1.54) is 7.11 Å². The number of carbonyl (C=O) groups excluding carboxylic acids is 1. The Hall–Kier alpha value is -1.82. The van der Waals surface area contributed by atoms with Gasteiger partial charge < -0.3 is 14.6 Å². The molecular formula is C15H18BrN3O2. The third kappa shape index (κ3) is 3.64. The van der Waals surface area contributed by atoms with Gasteiger partial charge in [0.25, 0.3) is 0 Å². The van der Waals surface area contributed by atoms with E-state index in [4.69, 9.17) is 4.74 Å². The normalized spacial score (nSPS) is 12.0. The number of anilines is 1. The quantitative estimate of drug-likeness (QED) is 0.810. The summed E-state index contributed by atoms with van der Waals surface area (Å²) in [5.41, 5.74) is 1.62. The highest BCUT2D eigenvalue weighted by Crippen LogP contribution is 2.27. The Morgan fingerprint density at radius 3 is 2.90 bits per heavy atom. The zero-order chi connectivity index (χ0) is 15.2. The number of methoxy groups -OCH3 is 1. The van der Waals surface area contributed by atoms with Crippen molar-refractivity contribution in [2.24, 2.45) is 0 Å². The highest BCUT2D eigenvalue weighted by molar-refractivity contribution is 9.10. The van der Waals surface area contributed by atoms with Crippen LogP contribution >= 0.6 is 15.9 Å². The average molecular weight is 352 g/mol. The fraction of sp³-hybridized carbons (Fsp3) is 0.333. The van der Waals surface area contributed by atoms with E-state index >= 15 is 0 Å². The summed E-state index contributed by atoms with van der Waals surface area (Å²) in [5, 5.41) is 3.22. The lowest BCUT2D eigenvalue weighted by Crippen LogP contribution is -2.25. The first kappa shape index (κ1) is 15.6. The maximum atomic E-state index is 12.1. The van der Waals surface area contributed by atoms with Crippen LogP contribution in [0.25, 0.3) is 0 Å². The number of imidazole rings is 1. The summed E-state index contributed by atoms with van der Waals surface area (Å²) in [6.07, 6.45) is 4.39. The summed E-state index contributed by atoms with van der Waals surface area (Å²) in [6, 6.07) is 7.05. The van der Waals surface area contributed by atoms with Crippen molar-refractivity contribution >= 4 is 27.6 Å². The third-order valence-corrected chi connectivity index (χ3v) is 3.81. The van der Waals surface area contributed by atoms with Crippen LogP contribution in [0.4, 0.5) is 5.69 Å². The Kier molecular flexibility index (Phi) is 5.38. The summed E-state index contributed by atoms with van der Waals surface area (Å²) >= 11 is 3.47. The van der Waals surface area contributed by atoms with Crippen molar-refractivity contribution in [2.75, 3.05) is 12.4 Å². The minimum atomic E-state index is -0.595. The molecule has 1 aromatic carbocycles. The number of nitrogens with zero attached hydrogens (tertiary/aromatic N) is 2. The van der Waals surface area contributed by atoms with Gasteiger partial charge in [0.1, 0.15) is 0 Å². The van der Waals surface area contributed by atoms with Crippen molar-refractivity contribution in [3.63, 3.8) is 0 Å². The lowest BCUT2D eigenvalue weighted by molar-refractivity contribution is -0.141. The van der Waals surface area contributed by atoms with Crippen molar-refractivity contribution in [3.05, 3.63) is 47.0 Å². The Balaban J connectivity index is 2.33. The SMILES string of the molecule is CCCn1cncc1C(Nc1ccccc1Br)C(=O)OC. The van der Waals surface area contributed by atoms with Gasteiger partial charge in [-0.15, -0.1) is 0 Å². The predicted octanol–water partition coefficient (Wildman–Crippen LogP) is 3.38. The van der Waals surface area contributed by atoms with Crippen LogP contribution in [0.3, 0.4) is 0 Å². The molecule has 1 unspecified atom stereocenters. The van der Waals surface area contributed by atoms with Crippen molar-refractivity contribution in [3.8, 4) is 0 Å². The number of esters is 1. The molecule has 0 aliphatic rings. The number of aryl methyl sites for hydroxylation is 1. The number of hydrogen-bond donors (Lipinski definition) is 1. The zero-order valence-corrected chi connectivity index (χ0v) is 13.6. The summed E-state index contributed by atoms with van der Waals surface area (Å²) < 4.78 is 7.78. The molecule has 0 saturated carbocycles. The lowest BCUT2D eigenvalue weighted by atomic mass is 10.2. The molecule has 1 atom stereocenters. The number of hydrogen-bond acceptors (Lipinski definition) is 4. The summed E-state index contributed by atoms with van der Waals surface area (Å²) in [5.74, 6) is -0.344. The van der Waals surface area contributed by atoms with Crippen LogP contribution in [0, 0.1) is 0 Å². The van der Waals surface area contributed by atoms with Crippen molar-refractivity contribution in [1.29, 1.82) is 0 Å². The fourth-order valence-electron chi connectivity index (χ4n) is 2.10. The molecule has 1 aromatic heterocycles. The van der Waals surface area contributed by atoms with Crippen LogP contribution in [0.5, 0.6) is 0 Å². The maximum Gasteiger partial charge on any atom is 0.334 e. The second-order valence-corrected chi connectivity index (χ2v) is 5.45. The van der Waals surface area contributed by atoms with Gasteiger partial charge in [0.15, 0.2) is 6.04 Å². The van der Waals surface area contributed by atoms with Crippen LogP contribution < -0.4 is 5.32 Å². The van der Waals surface area contributed by atoms with Gasteiger partial charge in [0, 0.05) is 16.7 Å². The van der Waals surface area contributed by atoms with Gasteiger partial charge in [-0.1, -0.05) is 19.1 Å². The Morgan fingerprint density at radius 2 is 2.24 bits per heavy atom. The Labute approximate surface area is 132 Å². The molecule has 0 radical (unpaired) electrons. The molecule has 0 amide bonds. The van der Waals surface area contributed by atoms with Crippen LogP contribution in [0.1, 0.15) is 25.1 Å². The molecule has 112 valence electrons. The molecule has 0 aliphatic heterocycles. The molecule has 1 N–H and O–H groups in total. The first-order chi connectivity index (χ1) is 10.2. The lowest BCUT2D eigenvalue weighted by Gasteiger charge is -2.20. The van der Waals surface area contributed by atoms with E-state index < -0.39 is 6.04 Å². The minimum Gasteiger partial charge on any atom is -0.467 e. The van der Waals surface area contributed by atoms with Gasteiger partial charge in [-0.25, -0.2) is 9.78 Å². The zero-order valence-electron chi connectivity index (χ0n) is 12.0. The van der Waals surface area contributed by atoms with Gasteiger partial charge >= 0.3 is 5.97 Å². The van der Waals surface area contributed by atoms with Crippen molar-refractivity contribution in [1.82, 2.24) is 9.55 Å². The number of carbonyl (C=O) groups is 1. The number of ether oxygens (including phenoxy) is 1. The minimum absolute atomic E-state index is 0.344. The molecule has 0 fully saturated rings. The highest BCUT2D eigenvalue weighted by Gasteiger charge is 2.25. The fourth-order valence-corrected chi connectivity index (χ4v) is 2.50. The molecule has 2 aromatic rings. The van der Waals surface area contributed by atoms with Gasteiger partial charge in [-0.3, -0.25) is 0 Å². The topological polar surface area (TPSA) is 56.2 Å². The van der Waals surface area contributed by atoms with E-state index in [0.29, 0.717) is 0 Å². The smallest absolute Gasteiger partial charge is 0.334 e. The van der Waals surface area contributed by atoms with Gasteiger partial charge in [0.05, 0.1) is 25.3 Å². The van der Waals surface area contributed by atoms with Gasteiger partial charge in [-0.05, 0) is 34.5 Å². The van der Waals surface area contributed by atoms with E-state index in [1.54, 1.807) is 12.5 Å². The largest absolute Gasteiger partial charge is 0.467 e. The maximum absolute atomic E-state index is 12.1. The molecule has 5 nitrogen and oxygen atoms in total. The second kappa shape index (κ2) is 7.26. The number of nitrogens with one attached hydrogen (secondary N) is 1. The standard InChI is InChI=1S/C15H18BrN3O2/c1-3-8-19-10-17-9-13(19)14(15(20)21-2)18-12-7-5-4-6-11(12)16/h4-7,9-10,14,18H,3,8H2,1-2H3. The summed E-state index contributed by atoms with van der Waals surface area (Å²) in [6.45, 7) is 2.89. The first-order valence-electron chi connectivity index (χ1n) is 6.76. The summed E-state index contributed by atoms with van der Waals surface area (Å²) in [4.78, 5) is 16.3. The number of benzene rings is 1. The molecular weight excluding hydrogens is 334 g/mol.